The zero-order chi connectivity index (χ0) is 13.6. The fourth-order valence-electron chi connectivity index (χ4n) is 2.79. The van der Waals surface area contributed by atoms with E-state index in [0.29, 0.717) is 6.42 Å². The summed E-state index contributed by atoms with van der Waals surface area (Å²) in [4.78, 5) is 11.9. The van der Waals surface area contributed by atoms with E-state index in [9.17, 15) is 4.79 Å². The zero-order valence-electron chi connectivity index (χ0n) is 11.4. The van der Waals surface area contributed by atoms with Gasteiger partial charge in [-0.2, -0.15) is 5.10 Å². The van der Waals surface area contributed by atoms with Crippen LogP contribution in [0.15, 0.2) is 24.3 Å². The molecule has 0 bridgehead atoms. The van der Waals surface area contributed by atoms with Gasteiger partial charge in [0, 0.05) is 24.9 Å². The third kappa shape index (κ3) is 1.93. The third-order valence-corrected chi connectivity index (χ3v) is 3.74. The molecule has 0 saturated carbocycles. The Hall–Kier alpha value is -2.10. The Morgan fingerprint density at radius 1 is 1.26 bits per heavy atom. The van der Waals surface area contributed by atoms with Crippen LogP contribution in [0, 0.1) is 13.8 Å². The monoisotopic (exact) mass is 255 g/mol. The predicted molar refractivity (Wildman–Crippen MR) is 74.2 cm³/mol. The highest BCUT2D eigenvalue weighted by molar-refractivity contribution is 5.94. The van der Waals surface area contributed by atoms with Crippen LogP contribution in [0.25, 0.3) is 0 Å². The van der Waals surface area contributed by atoms with Crippen molar-refractivity contribution in [2.75, 3.05) is 5.32 Å². The van der Waals surface area contributed by atoms with Gasteiger partial charge in [0.15, 0.2) is 0 Å². The van der Waals surface area contributed by atoms with Crippen molar-refractivity contribution in [2.24, 2.45) is 7.05 Å². The van der Waals surface area contributed by atoms with Crippen LogP contribution in [0.4, 0.5) is 5.82 Å². The molecule has 0 unspecified atom stereocenters. The summed E-state index contributed by atoms with van der Waals surface area (Å²) in [5.74, 6) is 0.999. The summed E-state index contributed by atoms with van der Waals surface area (Å²) in [6.45, 7) is 4.07. The first kappa shape index (κ1) is 12.0. The van der Waals surface area contributed by atoms with Crippen LogP contribution in [0.3, 0.4) is 0 Å². The molecule has 0 spiro atoms. The van der Waals surface area contributed by atoms with Gasteiger partial charge in [-0.3, -0.25) is 9.48 Å². The van der Waals surface area contributed by atoms with Crippen LogP contribution >= 0.6 is 0 Å². The molecule has 2 aromatic rings. The topological polar surface area (TPSA) is 46.9 Å². The van der Waals surface area contributed by atoms with Crippen LogP contribution in [-0.2, 0) is 11.8 Å². The molecule has 0 aliphatic carbocycles. The van der Waals surface area contributed by atoms with Crippen molar-refractivity contribution >= 4 is 11.7 Å². The van der Waals surface area contributed by atoms with Crippen molar-refractivity contribution in [1.29, 1.82) is 0 Å². The molecule has 3 rings (SSSR count). The number of hydrogen-bond acceptors (Lipinski definition) is 2. The van der Waals surface area contributed by atoms with E-state index >= 15 is 0 Å². The molecule has 19 heavy (non-hydrogen) atoms. The number of fused-ring (bicyclic) bond motifs is 1. The van der Waals surface area contributed by atoms with Crippen LogP contribution < -0.4 is 5.32 Å². The minimum Gasteiger partial charge on any atom is -0.311 e. The fourth-order valence-corrected chi connectivity index (χ4v) is 2.79. The molecule has 0 saturated heterocycles. The number of benzene rings is 1. The Morgan fingerprint density at radius 2 is 1.95 bits per heavy atom. The van der Waals surface area contributed by atoms with E-state index in [1.165, 1.54) is 11.1 Å². The van der Waals surface area contributed by atoms with Gasteiger partial charge in [0.05, 0.1) is 5.69 Å². The molecule has 1 amide bonds. The highest BCUT2D eigenvalue weighted by atomic mass is 16.1. The second-order valence-corrected chi connectivity index (χ2v) is 5.19. The molecule has 1 aliphatic rings. The quantitative estimate of drug-likeness (QED) is 0.851. The number of hydrogen-bond donors (Lipinski definition) is 1. The summed E-state index contributed by atoms with van der Waals surface area (Å²) in [6, 6.07) is 8.39. The van der Waals surface area contributed by atoms with Crippen molar-refractivity contribution in [2.45, 2.75) is 26.2 Å². The zero-order valence-corrected chi connectivity index (χ0v) is 11.4. The number of aromatic nitrogens is 2. The SMILES string of the molecule is Cc1ccc([C@H]2CC(=O)Nc3c2c(C)nn3C)cc1. The molecule has 0 radical (unpaired) electrons. The Balaban J connectivity index is 2.13. The first-order valence-corrected chi connectivity index (χ1v) is 6.46. The van der Waals surface area contributed by atoms with Gasteiger partial charge < -0.3 is 5.32 Å². The van der Waals surface area contributed by atoms with Gasteiger partial charge in [-0.05, 0) is 19.4 Å². The van der Waals surface area contributed by atoms with E-state index < -0.39 is 0 Å². The molecule has 4 heteroatoms. The number of carbonyl (C=O) groups excluding carboxylic acids is 1. The molecule has 0 fully saturated rings. The summed E-state index contributed by atoms with van der Waals surface area (Å²) in [5.41, 5.74) is 4.54. The first-order chi connectivity index (χ1) is 9.06. The second-order valence-electron chi connectivity index (χ2n) is 5.19. The van der Waals surface area contributed by atoms with Gasteiger partial charge in [-0.1, -0.05) is 29.8 Å². The summed E-state index contributed by atoms with van der Waals surface area (Å²) in [5, 5.41) is 7.34. The second kappa shape index (κ2) is 4.23. The fraction of sp³-hybridized carbons (Fsp3) is 0.333. The lowest BCUT2D eigenvalue weighted by Gasteiger charge is -2.24. The number of rotatable bonds is 1. The Morgan fingerprint density at radius 3 is 2.63 bits per heavy atom. The van der Waals surface area contributed by atoms with Crippen molar-refractivity contribution in [1.82, 2.24) is 9.78 Å². The summed E-state index contributed by atoms with van der Waals surface area (Å²) in [6.07, 6.45) is 0.489. The molecule has 1 aromatic carbocycles. The van der Waals surface area contributed by atoms with Crippen LogP contribution in [0.2, 0.25) is 0 Å². The molecule has 1 N–H and O–H groups in total. The van der Waals surface area contributed by atoms with Gasteiger partial charge >= 0.3 is 0 Å². The number of nitrogens with one attached hydrogen (secondary N) is 1. The molecule has 1 aromatic heterocycles. The van der Waals surface area contributed by atoms with Crippen molar-refractivity contribution in [3.8, 4) is 0 Å². The number of anilines is 1. The smallest absolute Gasteiger partial charge is 0.226 e. The van der Waals surface area contributed by atoms with Crippen LogP contribution in [0.5, 0.6) is 0 Å². The highest BCUT2D eigenvalue weighted by Gasteiger charge is 2.31. The van der Waals surface area contributed by atoms with Crippen molar-refractivity contribution < 1.29 is 4.79 Å². The molecular weight excluding hydrogens is 238 g/mol. The van der Waals surface area contributed by atoms with Crippen molar-refractivity contribution in [3.63, 3.8) is 0 Å². The normalized spacial score (nSPS) is 18.1. The average molecular weight is 255 g/mol. The molecule has 1 aliphatic heterocycles. The van der Waals surface area contributed by atoms with Gasteiger partial charge in [0.2, 0.25) is 5.91 Å². The minimum absolute atomic E-state index is 0.0566. The molecule has 1 atom stereocenters. The van der Waals surface area contributed by atoms with E-state index in [1.807, 2.05) is 14.0 Å². The summed E-state index contributed by atoms with van der Waals surface area (Å²) < 4.78 is 1.75. The van der Waals surface area contributed by atoms with E-state index in [-0.39, 0.29) is 11.8 Å². The maximum Gasteiger partial charge on any atom is 0.226 e. The summed E-state index contributed by atoms with van der Waals surface area (Å²) in [7, 11) is 1.86. The standard InChI is InChI=1S/C15H17N3O/c1-9-4-6-11(7-5-9)12-8-13(19)16-15-14(12)10(2)17-18(15)3/h4-7,12H,8H2,1-3H3,(H,16,19)/t12-/m1/s1. The highest BCUT2D eigenvalue weighted by Crippen LogP contribution is 2.38. The van der Waals surface area contributed by atoms with Gasteiger partial charge in [0.1, 0.15) is 5.82 Å². The number of amides is 1. The van der Waals surface area contributed by atoms with E-state index in [1.54, 1.807) is 4.68 Å². The Kier molecular flexibility index (Phi) is 2.66. The third-order valence-electron chi connectivity index (χ3n) is 3.74. The van der Waals surface area contributed by atoms with Crippen LogP contribution in [-0.4, -0.2) is 15.7 Å². The van der Waals surface area contributed by atoms with Gasteiger partial charge in [-0.25, -0.2) is 0 Å². The number of aryl methyl sites for hydroxylation is 3. The molecular formula is C15H17N3O. The maximum absolute atomic E-state index is 11.9. The largest absolute Gasteiger partial charge is 0.311 e. The van der Waals surface area contributed by atoms with E-state index in [4.69, 9.17) is 0 Å². The lowest BCUT2D eigenvalue weighted by molar-refractivity contribution is -0.116. The first-order valence-electron chi connectivity index (χ1n) is 6.46. The van der Waals surface area contributed by atoms with E-state index in [0.717, 1.165) is 17.1 Å². The average Bonchev–Trinajstić information content (AvgIpc) is 2.65. The Bertz CT molecular complexity index is 640. The lowest BCUT2D eigenvalue weighted by atomic mass is 9.85. The number of nitrogens with zero attached hydrogens (tertiary/aromatic N) is 2. The summed E-state index contributed by atoms with van der Waals surface area (Å²) >= 11 is 0. The molecule has 98 valence electrons. The predicted octanol–water partition coefficient (Wildman–Crippen LogP) is 2.51. The Labute approximate surface area is 112 Å². The number of carbonyl (C=O) groups is 1. The van der Waals surface area contributed by atoms with E-state index in [2.05, 4.69) is 41.6 Å². The minimum atomic E-state index is 0.0566. The lowest BCUT2D eigenvalue weighted by Crippen LogP contribution is -2.24. The van der Waals surface area contributed by atoms with Crippen molar-refractivity contribution in [3.05, 3.63) is 46.6 Å². The van der Waals surface area contributed by atoms with Gasteiger partial charge in [0.25, 0.3) is 0 Å². The van der Waals surface area contributed by atoms with Crippen LogP contribution in [0.1, 0.15) is 34.7 Å². The molecule has 2 heterocycles. The molecule has 4 nitrogen and oxygen atoms in total. The maximum atomic E-state index is 11.9. The van der Waals surface area contributed by atoms with Gasteiger partial charge in [-0.15, -0.1) is 0 Å².